The van der Waals surface area contributed by atoms with E-state index in [1.165, 1.54) is 6.20 Å². The largest absolute Gasteiger partial charge is 0.341 e. The molecule has 7 heteroatoms. The van der Waals surface area contributed by atoms with E-state index in [0.29, 0.717) is 24.1 Å². The highest BCUT2D eigenvalue weighted by Gasteiger charge is 2.19. The highest BCUT2D eigenvalue weighted by molar-refractivity contribution is 7.99. The van der Waals surface area contributed by atoms with Gasteiger partial charge in [-0.05, 0) is 25.8 Å². The average molecular weight is 329 g/mol. The molecule has 1 saturated heterocycles. The first-order chi connectivity index (χ1) is 11.1. The summed E-state index contributed by atoms with van der Waals surface area (Å²) in [4.78, 5) is 18.8. The minimum atomic E-state index is 0.211. The number of carbonyl (C=O) groups is 1. The normalized spacial score (nSPS) is 14.9. The molecule has 6 nitrogen and oxygen atoms in total. The van der Waals surface area contributed by atoms with Gasteiger partial charge in [0.05, 0.1) is 6.20 Å². The number of aromatic nitrogens is 3. The minimum absolute atomic E-state index is 0.211. The maximum Gasteiger partial charge on any atom is 0.222 e. The molecule has 0 radical (unpaired) electrons. The summed E-state index contributed by atoms with van der Waals surface area (Å²) < 4.78 is 1.70. The zero-order valence-electron chi connectivity index (χ0n) is 13.4. The molecular formula is C16H19N5OS. The lowest BCUT2D eigenvalue weighted by Gasteiger charge is -2.26. The second-order valence-corrected chi connectivity index (χ2v) is 6.88. The lowest BCUT2D eigenvalue weighted by molar-refractivity contribution is -0.130. The smallest absolute Gasteiger partial charge is 0.222 e. The van der Waals surface area contributed by atoms with Gasteiger partial charge >= 0.3 is 0 Å². The van der Waals surface area contributed by atoms with Crippen molar-refractivity contribution >= 4 is 23.3 Å². The van der Waals surface area contributed by atoms with Gasteiger partial charge in [-0.2, -0.15) is 22.1 Å². The van der Waals surface area contributed by atoms with Gasteiger partial charge in [-0.25, -0.2) is 9.50 Å². The molecule has 1 aliphatic heterocycles. The third-order valence-corrected chi connectivity index (χ3v) is 5.22. The molecule has 1 aliphatic rings. The van der Waals surface area contributed by atoms with E-state index in [1.807, 2.05) is 30.5 Å². The Hall–Kier alpha value is -2.07. The summed E-state index contributed by atoms with van der Waals surface area (Å²) in [6, 6.07) is 2.11. The van der Waals surface area contributed by atoms with Crippen molar-refractivity contribution in [1.29, 1.82) is 5.26 Å². The molecule has 2 aromatic heterocycles. The Morgan fingerprint density at radius 1 is 1.39 bits per heavy atom. The van der Waals surface area contributed by atoms with Gasteiger partial charge in [-0.1, -0.05) is 0 Å². The van der Waals surface area contributed by atoms with Crippen molar-refractivity contribution in [1.82, 2.24) is 19.5 Å². The molecule has 120 valence electrons. The summed E-state index contributed by atoms with van der Waals surface area (Å²) in [5, 5.41) is 13.3. The predicted molar refractivity (Wildman–Crippen MR) is 89.4 cm³/mol. The standard InChI is InChI=1S/C16H19N5OS/c1-11-14(3-4-15(22)20-5-7-23-8-6-20)12(2)21-16(19-11)13(9-17)10-18-21/h10H,3-8H2,1-2H3. The number of hydrogen-bond acceptors (Lipinski definition) is 5. The van der Waals surface area contributed by atoms with Crippen LogP contribution in [0.4, 0.5) is 0 Å². The zero-order valence-corrected chi connectivity index (χ0v) is 14.2. The lowest BCUT2D eigenvalue weighted by Crippen LogP contribution is -2.38. The molecule has 0 spiro atoms. The molecule has 0 atom stereocenters. The number of fused-ring (bicyclic) bond motifs is 1. The summed E-state index contributed by atoms with van der Waals surface area (Å²) in [5.41, 5.74) is 3.94. The lowest BCUT2D eigenvalue weighted by atomic mass is 10.1. The van der Waals surface area contributed by atoms with Crippen molar-refractivity contribution in [3.8, 4) is 6.07 Å². The van der Waals surface area contributed by atoms with Gasteiger partial charge in [0.15, 0.2) is 5.65 Å². The number of nitrogens with zero attached hydrogens (tertiary/aromatic N) is 5. The van der Waals surface area contributed by atoms with Crippen molar-refractivity contribution < 1.29 is 4.79 Å². The SMILES string of the molecule is Cc1nc2c(C#N)cnn2c(C)c1CCC(=O)N1CCSCC1. The fraction of sp³-hybridized carbons (Fsp3) is 0.500. The quantitative estimate of drug-likeness (QED) is 0.857. The van der Waals surface area contributed by atoms with E-state index in [0.717, 1.165) is 41.5 Å². The minimum Gasteiger partial charge on any atom is -0.341 e. The Kier molecular flexibility index (Phi) is 4.53. The van der Waals surface area contributed by atoms with Gasteiger partial charge in [0.1, 0.15) is 11.6 Å². The molecule has 1 fully saturated rings. The molecule has 0 saturated carbocycles. The number of thioether (sulfide) groups is 1. The molecule has 23 heavy (non-hydrogen) atoms. The molecule has 2 aromatic rings. The van der Waals surface area contributed by atoms with Crippen molar-refractivity contribution in [3.63, 3.8) is 0 Å². The summed E-state index contributed by atoms with van der Waals surface area (Å²) in [6.07, 6.45) is 2.69. The maximum absolute atomic E-state index is 12.3. The number of hydrogen-bond donors (Lipinski definition) is 0. The van der Waals surface area contributed by atoms with Crippen molar-refractivity contribution in [3.05, 3.63) is 28.7 Å². The zero-order chi connectivity index (χ0) is 16.4. The fourth-order valence-electron chi connectivity index (χ4n) is 2.95. The number of nitriles is 1. The molecule has 0 bridgehead atoms. The van der Waals surface area contributed by atoms with Crippen molar-refractivity contribution in [2.45, 2.75) is 26.7 Å². The topological polar surface area (TPSA) is 74.3 Å². The van der Waals surface area contributed by atoms with Crippen LogP contribution in [0.5, 0.6) is 0 Å². The van der Waals surface area contributed by atoms with E-state index in [9.17, 15) is 4.79 Å². The van der Waals surface area contributed by atoms with Crippen LogP contribution in [0.15, 0.2) is 6.20 Å². The van der Waals surface area contributed by atoms with Gasteiger partial charge in [0.25, 0.3) is 0 Å². The van der Waals surface area contributed by atoms with Crippen LogP contribution in [0, 0.1) is 25.2 Å². The Morgan fingerprint density at radius 3 is 2.83 bits per heavy atom. The van der Waals surface area contributed by atoms with E-state index in [1.54, 1.807) is 4.52 Å². The highest BCUT2D eigenvalue weighted by atomic mass is 32.2. The summed E-state index contributed by atoms with van der Waals surface area (Å²) in [7, 11) is 0. The fourth-order valence-corrected chi connectivity index (χ4v) is 3.86. The van der Waals surface area contributed by atoms with Gasteiger partial charge in [0, 0.05) is 42.4 Å². The molecular weight excluding hydrogens is 310 g/mol. The Bertz CT molecular complexity index is 786. The Morgan fingerprint density at radius 2 is 2.13 bits per heavy atom. The van der Waals surface area contributed by atoms with E-state index < -0.39 is 0 Å². The first-order valence-electron chi connectivity index (χ1n) is 7.71. The monoisotopic (exact) mass is 329 g/mol. The number of aryl methyl sites for hydroxylation is 2. The third-order valence-electron chi connectivity index (χ3n) is 4.28. The van der Waals surface area contributed by atoms with E-state index in [4.69, 9.17) is 5.26 Å². The van der Waals surface area contributed by atoms with Gasteiger partial charge in [-0.15, -0.1) is 0 Å². The summed E-state index contributed by atoms with van der Waals surface area (Å²) >= 11 is 1.90. The van der Waals surface area contributed by atoms with Crippen LogP contribution in [0.1, 0.15) is 28.9 Å². The average Bonchev–Trinajstić information content (AvgIpc) is 2.98. The first kappa shape index (κ1) is 15.8. The number of amides is 1. The maximum atomic E-state index is 12.3. The van der Waals surface area contributed by atoms with Gasteiger partial charge in [-0.3, -0.25) is 4.79 Å². The molecule has 3 heterocycles. The summed E-state index contributed by atoms with van der Waals surface area (Å²) in [5.74, 6) is 2.27. The van der Waals surface area contributed by atoms with Crippen LogP contribution in [0.2, 0.25) is 0 Å². The molecule has 0 N–H and O–H groups in total. The third kappa shape index (κ3) is 3.04. The highest BCUT2D eigenvalue weighted by Crippen LogP contribution is 2.19. The van der Waals surface area contributed by atoms with Crippen LogP contribution in [-0.4, -0.2) is 50.0 Å². The van der Waals surface area contributed by atoms with Crippen molar-refractivity contribution in [2.24, 2.45) is 0 Å². The van der Waals surface area contributed by atoms with Crippen LogP contribution < -0.4 is 0 Å². The van der Waals surface area contributed by atoms with E-state index in [-0.39, 0.29) is 5.91 Å². The van der Waals surface area contributed by atoms with Crippen LogP contribution in [-0.2, 0) is 11.2 Å². The van der Waals surface area contributed by atoms with Gasteiger partial charge < -0.3 is 4.90 Å². The first-order valence-corrected chi connectivity index (χ1v) is 8.86. The second kappa shape index (κ2) is 6.59. The van der Waals surface area contributed by atoms with E-state index in [2.05, 4.69) is 16.2 Å². The molecule has 3 rings (SSSR count). The Balaban J connectivity index is 1.80. The molecule has 0 unspecified atom stereocenters. The van der Waals surface area contributed by atoms with Crippen LogP contribution in [0.3, 0.4) is 0 Å². The molecule has 0 aromatic carbocycles. The number of carbonyl (C=O) groups excluding carboxylic acids is 1. The number of rotatable bonds is 3. The summed E-state index contributed by atoms with van der Waals surface area (Å²) in [6.45, 7) is 5.60. The molecule has 1 amide bonds. The van der Waals surface area contributed by atoms with E-state index >= 15 is 0 Å². The van der Waals surface area contributed by atoms with Crippen molar-refractivity contribution in [2.75, 3.05) is 24.6 Å². The Labute approximate surface area is 139 Å². The predicted octanol–water partition coefficient (Wildman–Crippen LogP) is 1.73. The molecule has 0 aliphatic carbocycles. The van der Waals surface area contributed by atoms with Gasteiger partial charge in [0.2, 0.25) is 5.91 Å². The van der Waals surface area contributed by atoms with Crippen LogP contribution in [0.25, 0.3) is 5.65 Å². The second-order valence-electron chi connectivity index (χ2n) is 5.66. The van der Waals surface area contributed by atoms with Crippen LogP contribution >= 0.6 is 11.8 Å².